The van der Waals surface area contributed by atoms with Crippen LogP contribution in [0.5, 0.6) is 5.75 Å². The molecule has 4 rings (SSSR count). The number of para-hydroxylation sites is 2. The molecule has 3 aromatic rings. The van der Waals surface area contributed by atoms with Crippen molar-refractivity contribution in [2.45, 2.75) is 11.8 Å². The van der Waals surface area contributed by atoms with Gasteiger partial charge in [0.15, 0.2) is 0 Å². The van der Waals surface area contributed by atoms with Crippen LogP contribution in [0, 0.1) is 6.92 Å². The van der Waals surface area contributed by atoms with Gasteiger partial charge in [0.05, 0.1) is 17.7 Å². The van der Waals surface area contributed by atoms with E-state index in [0.717, 1.165) is 17.0 Å². The van der Waals surface area contributed by atoms with Gasteiger partial charge in [-0.1, -0.05) is 29.8 Å². The molecule has 8 heteroatoms. The number of methoxy groups -OCH3 is 1. The molecule has 0 radical (unpaired) electrons. The monoisotopic (exact) mass is 465 g/mol. The molecular formula is C25H27N3O4S. The van der Waals surface area contributed by atoms with Crippen molar-refractivity contribution in [3.05, 3.63) is 83.9 Å². The topological polar surface area (TPSA) is 79.0 Å². The third-order valence-electron chi connectivity index (χ3n) is 5.69. The van der Waals surface area contributed by atoms with Gasteiger partial charge in [0, 0.05) is 37.4 Å². The van der Waals surface area contributed by atoms with Gasteiger partial charge in [0.1, 0.15) is 5.75 Å². The van der Waals surface area contributed by atoms with E-state index in [1.54, 1.807) is 31.4 Å². The molecule has 1 saturated heterocycles. The third-order valence-corrected chi connectivity index (χ3v) is 7.61. The molecule has 172 valence electrons. The van der Waals surface area contributed by atoms with Gasteiger partial charge in [-0.25, -0.2) is 8.42 Å². The number of carbonyl (C=O) groups excluding carboxylic acids is 1. The van der Waals surface area contributed by atoms with E-state index in [1.165, 1.54) is 16.4 Å². The lowest BCUT2D eigenvalue weighted by Gasteiger charge is -2.35. The van der Waals surface area contributed by atoms with Crippen molar-refractivity contribution in [2.75, 3.05) is 43.5 Å². The summed E-state index contributed by atoms with van der Waals surface area (Å²) in [5.74, 6) is 0.541. The van der Waals surface area contributed by atoms with Crippen LogP contribution in [0.3, 0.4) is 0 Å². The SMILES string of the molecule is COc1ccccc1N1CCN(S(=O)(=O)c2ccc(NC(=O)c3cccc(C)c3)cc2)CC1. The van der Waals surface area contributed by atoms with Crippen LogP contribution in [0.1, 0.15) is 15.9 Å². The molecular weight excluding hydrogens is 438 g/mol. The highest BCUT2D eigenvalue weighted by Gasteiger charge is 2.29. The van der Waals surface area contributed by atoms with E-state index in [2.05, 4.69) is 10.2 Å². The number of nitrogens with zero attached hydrogens (tertiary/aromatic N) is 2. The van der Waals surface area contributed by atoms with Crippen LogP contribution in [-0.4, -0.2) is 51.9 Å². The maximum absolute atomic E-state index is 13.1. The number of nitrogens with one attached hydrogen (secondary N) is 1. The fourth-order valence-electron chi connectivity index (χ4n) is 3.91. The van der Waals surface area contributed by atoms with Crippen LogP contribution in [0.4, 0.5) is 11.4 Å². The second kappa shape index (κ2) is 9.64. The van der Waals surface area contributed by atoms with Crippen molar-refractivity contribution in [3.8, 4) is 5.75 Å². The summed E-state index contributed by atoms with van der Waals surface area (Å²) in [6.45, 7) is 3.83. The Bertz CT molecular complexity index is 1230. The molecule has 0 unspecified atom stereocenters. The molecule has 0 aliphatic carbocycles. The zero-order valence-corrected chi connectivity index (χ0v) is 19.5. The summed E-state index contributed by atoms with van der Waals surface area (Å²) in [6, 6.07) is 21.3. The molecule has 1 N–H and O–H groups in total. The molecule has 0 bridgehead atoms. The van der Waals surface area contributed by atoms with Gasteiger partial charge in [-0.2, -0.15) is 4.31 Å². The molecule has 1 amide bonds. The number of sulfonamides is 1. The first-order chi connectivity index (χ1) is 15.9. The van der Waals surface area contributed by atoms with E-state index >= 15 is 0 Å². The fraction of sp³-hybridized carbons (Fsp3) is 0.240. The average molecular weight is 466 g/mol. The Kier molecular flexibility index (Phi) is 6.67. The molecule has 0 atom stereocenters. The molecule has 1 aliphatic heterocycles. The Balaban J connectivity index is 1.41. The largest absolute Gasteiger partial charge is 0.495 e. The molecule has 0 aromatic heterocycles. The van der Waals surface area contributed by atoms with Crippen molar-refractivity contribution in [1.29, 1.82) is 0 Å². The number of rotatable bonds is 6. The Hall–Kier alpha value is -3.36. The summed E-state index contributed by atoms with van der Waals surface area (Å²) in [5.41, 5.74) is 3.06. The second-order valence-electron chi connectivity index (χ2n) is 7.91. The highest BCUT2D eigenvalue weighted by molar-refractivity contribution is 7.89. The zero-order chi connectivity index (χ0) is 23.4. The number of piperazine rings is 1. The molecule has 7 nitrogen and oxygen atoms in total. The summed E-state index contributed by atoms with van der Waals surface area (Å²) in [6.07, 6.45) is 0. The fourth-order valence-corrected chi connectivity index (χ4v) is 5.33. The minimum Gasteiger partial charge on any atom is -0.495 e. The van der Waals surface area contributed by atoms with E-state index in [4.69, 9.17) is 4.74 Å². The number of benzene rings is 3. The lowest BCUT2D eigenvalue weighted by molar-refractivity contribution is 0.102. The summed E-state index contributed by atoms with van der Waals surface area (Å²) < 4.78 is 33.2. The van der Waals surface area contributed by atoms with E-state index in [9.17, 15) is 13.2 Å². The smallest absolute Gasteiger partial charge is 0.255 e. The number of aryl methyl sites for hydroxylation is 1. The van der Waals surface area contributed by atoms with E-state index in [0.29, 0.717) is 37.4 Å². The quantitative estimate of drug-likeness (QED) is 0.600. The maximum atomic E-state index is 13.1. The summed E-state index contributed by atoms with van der Waals surface area (Å²) in [5, 5.41) is 2.81. The minimum atomic E-state index is -3.62. The van der Waals surface area contributed by atoms with Crippen LogP contribution in [0.15, 0.2) is 77.7 Å². The first kappa shape index (κ1) is 22.8. The zero-order valence-electron chi connectivity index (χ0n) is 18.7. The van der Waals surface area contributed by atoms with Gasteiger partial charge in [0.2, 0.25) is 10.0 Å². The Morgan fingerprint density at radius 3 is 2.27 bits per heavy atom. The molecule has 1 aliphatic rings. The molecule has 33 heavy (non-hydrogen) atoms. The van der Waals surface area contributed by atoms with Crippen LogP contribution in [0.25, 0.3) is 0 Å². The van der Waals surface area contributed by atoms with Crippen LogP contribution in [-0.2, 0) is 10.0 Å². The summed E-state index contributed by atoms with van der Waals surface area (Å²) in [7, 11) is -1.99. The van der Waals surface area contributed by atoms with Gasteiger partial charge in [-0.15, -0.1) is 0 Å². The van der Waals surface area contributed by atoms with Crippen LogP contribution >= 0.6 is 0 Å². The highest BCUT2D eigenvalue weighted by atomic mass is 32.2. The lowest BCUT2D eigenvalue weighted by atomic mass is 10.1. The standard InChI is InChI=1S/C25H27N3O4S/c1-19-6-5-7-20(18-19)25(29)26-21-10-12-22(13-11-21)33(30,31)28-16-14-27(15-17-28)23-8-3-4-9-24(23)32-2/h3-13,18H,14-17H2,1-2H3,(H,26,29). The van der Waals surface area contributed by atoms with E-state index < -0.39 is 10.0 Å². The molecule has 1 heterocycles. The highest BCUT2D eigenvalue weighted by Crippen LogP contribution is 2.29. The Morgan fingerprint density at radius 2 is 1.61 bits per heavy atom. The molecule has 0 saturated carbocycles. The normalized spacial score (nSPS) is 14.7. The Morgan fingerprint density at radius 1 is 0.909 bits per heavy atom. The number of hydrogen-bond donors (Lipinski definition) is 1. The Labute approximate surface area is 194 Å². The minimum absolute atomic E-state index is 0.210. The number of anilines is 2. The number of carbonyl (C=O) groups is 1. The number of hydrogen-bond acceptors (Lipinski definition) is 5. The van der Waals surface area contributed by atoms with Crippen molar-refractivity contribution >= 4 is 27.3 Å². The molecule has 3 aromatic carbocycles. The lowest BCUT2D eigenvalue weighted by Crippen LogP contribution is -2.48. The van der Waals surface area contributed by atoms with E-state index in [-0.39, 0.29) is 10.8 Å². The predicted octanol–water partition coefficient (Wildman–Crippen LogP) is 3.77. The van der Waals surface area contributed by atoms with Crippen LogP contribution < -0.4 is 15.0 Å². The van der Waals surface area contributed by atoms with Crippen molar-refractivity contribution in [3.63, 3.8) is 0 Å². The van der Waals surface area contributed by atoms with E-state index in [1.807, 2.05) is 43.3 Å². The van der Waals surface area contributed by atoms with Gasteiger partial charge in [0.25, 0.3) is 5.91 Å². The molecule has 0 spiro atoms. The average Bonchev–Trinajstić information content (AvgIpc) is 2.84. The summed E-state index contributed by atoms with van der Waals surface area (Å²) in [4.78, 5) is 14.8. The van der Waals surface area contributed by atoms with Gasteiger partial charge in [-0.05, 0) is 55.5 Å². The van der Waals surface area contributed by atoms with Crippen LogP contribution in [0.2, 0.25) is 0 Å². The van der Waals surface area contributed by atoms with Gasteiger partial charge in [-0.3, -0.25) is 4.79 Å². The van der Waals surface area contributed by atoms with Gasteiger partial charge >= 0.3 is 0 Å². The number of amides is 1. The van der Waals surface area contributed by atoms with Crippen molar-refractivity contribution in [1.82, 2.24) is 4.31 Å². The number of ether oxygens (including phenoxy) is 1. The predicted molar refractivity (Wildman–Crippen MR) is 130 cm³/mol. The first-order valence-corrected chi connectivity index (χ1v) is 12.2. The second-order valence-corrected chi connectivity index (χ2v) is 9.85. The third kappa shape index (κ3) is 5.02. The maximum Gasteiger partial charge on any atom is 0.255 e. The van der Waals surface area contributed by atoms with Crippen molar-refractivity contribution in [2.24, 2.45) is 0 Å². The van der Waals surface area contributed by atoms with Gasteiger partial charge < -0.3 is 15.0 Å². The molecule has 1 fully saturated rings. The summed E-state index contributed by atoms with van der Waals surface area (Å²) >= 11 is 0. The van der Waals surface area contributed by atoms with Crippen molar-refractivity contribution < 1.29 is 17.9 Å². The first-order valence-electron chi connectivity index (χ1n) is 10.7.